The number of aromatic nitrogens is 4. The first-order valence-electron chi connectivity index (χ1n) is 7.78. The quantitative estimate of drug-likeness (QED) is 0.610. The summed E-state index contributed by atoms with van der Waals surface area (Å²) in [6.07, 6.45) is 2.57. The molecule has 1 aromatic carbocycles. The zero-order chi connectivity index (χ0) is 18.1. The van der Waals surface area contributed by atoms with E-state index < -0.39 is 0 Å². The van der Waals surface area contributed by atoms with Gasteiger partial charge in [0.05, 0.1) is 6.07 Å². The van der Waals surface area contributed by atoms with Crippen molar-refractivity contribution in [2.75, 3.05) is 12.5 Å². The summed E-state index contributed by atoms with van der Waals surface area (Å²) in [5, 5.41) is 9.55. The topological polar surface area (TPSA) is 112 Å². The normalized spacial score (nSPS) is 12.5. The predicted octanol–water partition coefficient (Wildman–Crippen LogP) is 3.35. The number of rotatable bonds is 5. The molecule has 0 saturated carbocycles. The summed E-state index contributed by atoms with van der Waals surface area (Å²) < 4.78 is 13.7. The Hall–Kier alpha value is -2.51. The standard InChI is InChI=1S/C16H13BrN6O2S/c17-9-5-10-11(25-8-24-10)6-12(9)26-16-22-13-14(19)20-7-21-15(13)23(16)4-2-1-3-18/h5-7H,1-2,4,8H2,(H2,19,20,21). The average molecular weight is 433 g/mol. The number of aryl methyl sites for hydroxylation is 1. The van der Waals surface area contributed by atoms with Crippen LogP contribution in [0.3, 0.4) is 0 Å². The van der Waals surface area contributed by atoms with Crippen LogP contribution in [0.4, 0.5) is 5.82 Å². The molecular weight excluding hydrogens is 420 g/mol. The van der Waals surface area contributed by atoms with Gasteiger partial charge in [0, 0.05) is 22.3 Å². The van der Waals surface area contributed by atoms with E-state index in [2.05, 4.69) is 37.0 Å². The Balaban J connectivity index is 1.75. The smallest absolute Gasteiger partial charge is 0.231 e. The first-order chi connectivity index (χ1) is 12.7. The highest BCUT2D eigenvalue weighted by atomic mass is 79.9. The summed E-state index contributed by atoms with van der Waals surface area (Å²) in [7, 11) is 0. The maximum absolute atomic E-state index is 8.83. The number of nitrogens with zero attached hydrogens (tertiary/aromatic N) is 5. The van der Waals surface area contributed by atoms with Crippen LogP contribution in [0.5, 0.6) is 11.5 Å². The SMILES string of the molecule is N#CCCCn1c(Sc2cc3c(cc2Br)OCO3)nc2c(N)ncnc21. The van der Waals surface area contributed by atoms with Gasteiger partial charge in [0.2, 0.25) is 6.79 Å². The van der Waals surface area contributed by atoms with Gasteiger partial charge in [0.25, 0.3) is 0 Å². The van der Waals surface area contributed by atoms with Gasteiger partial charge in [-0.2, -0.15) is 5.26 Å². The first-order valence-corrected chi connectivity index (χ1v) is 9.39. The molecule has 1 aliphatic heterocycles. The number of nitriles is 1. The Kier molecular flexibility index (Phi) is 4.57. The highest BCUT2D eigenvalue weighted by Crippen LogP contribution is 2.43. The molecule has 0 fully saturated rings. The van der Waals surface area contributed by atoms with Gasteiger partial charge >= 0.3 is 0 Å². The van der Waals surface area contributed by atoms with Crippen LogP contribution in [0.15, 0.2) is 33.0 Å². The minimum absolute atomic E-state index is 0.217. The third kappa shape index (κ3) is 3.04. The molecule has 3 aromatic rings. The van der Waals surface area contributed by atoms with E-state index in [1.807, 2.05) is 16.7 Å². The molecule has 0 saturated heterocycles. The second-order valence-electron chi connectivity index (χ2n) is 5.48. The number of nitrogen functional groups attached to an aromatic ring is 1. The van der Waals surface area contributed by atoms with E-state index in [4.69, 9.17) is 20.5 Å². The molecule has 4 rings (SSSR count). The van der Waals surface area contributed by atoms with E-state index >= 15 is 0 Å². The number of anilines is 1. The molecule has 0 aliphatic carbocycles. The predicted molar refractivity (Wildman–Crippen MR) is 99.0 cm³/mol. The number of unbranched alkanes of at least 4 members (excludes halogenated alkanes) is 1. The number of nitrogens with two attached hydrogens (primary N) is 1. The minimum atomic E-state index is 0.217. The molecule has 26 heavy (non-hydrogen) atoms. The van der Waals surface area contributed by atoms with Crippen LogP contribution >= 0.6 is 27.7 Å². The summed E-state index contributed by atoms with van der Waals surface area (Å²) in [6.45, 7) is 0.833. The Morgan fingerprint density at radius 1 is 1.31 bits per heavy atom. The second kappa shape index (κ2) is 7.01. The fourth-order valence-electron chi connectivity index (χ4n) is 2.60. The van der Waals surface area contributed by atoms with Crippen molar-refractivity contribution in [2.45, 2.75) is 29.4 Å². The molecule has 10 heteroatoms. The lowest BCUT2D eigenvalue weighted by molar-refractivity contribution is 0.174. The van der Waals surface area contributed by atoms with Crippen LogP contribution in [0.25, 0.3) is 11.2 Å². The van der Waals surface area contributed by atoms with Crippen molar-refractivity contribution in [1.82, 2.24) is 19.5 Å². The van der Waals surface area contributed by atoms with Crippen molar-refractivity contribution < 1.29 is 9.47 Å². The molecule has 8 nitrogen and oxygen atoms in total. The third-order valence-electron chi connectivity index (χ3n) is 3.82. The lowest BCUT2D eigenvalue weighted by atomic mass is 10.3. The Bertz CT molecular complexity index is 1030. The average Bonchev–Trinajstić information content (AvgIpc) is 3.21. The van der Waals surface area contributed by atoms with E-state index in [-0.39, 0.29) is 6.79 Å². The lowest BCUT2D eigenvalue weighted by Gasteiger charge is -2.09. The molecular formula is C16H13BrN6O2S. The van der Waals surface area contributed by atoms with Gasteiger partial charge in [-0.05, 0) is 34.5 Å². The van der Waals surface area contributed by atoms with Crippen molar-refractivity contribution in [2.24, 2.45) is 0 Å². The van der Waals surface area contributed by atoms with Crippen molar-refractivity contribution in [1.29, 1.82) is 5.26 Å². The Morgan fingerprint density at radius 3 is 2.92 bits per heavy atom. The van der Waals surface area contributed by atoms with E-state index in [9.17, 15) is 0 Å². The monoisotopic (exact) mass is 432 g/mol. The van der Waals surface area contributed by atoms with Crippen molar-refractivity contribution >= 4 is 44.7 Å². The van der Waals surface area contributed by atoms with Crippen LogP contribution in [0.1, 0.15) is 12.8 Å². The number of benzene rings is 1. The van der Waals surface area contributed by atoms with Crippen molar-refractivity contribution in [3.05, 3.63) is 22.9 Å². The highest BCUT2D eigenvalue weighted by Gasteiger charge is 2.20. The van der Waals surface area contributed by atoms with Gasteiger partial charge in [0.15, 0.2) is 33.6 Å². The minimum Gasteiger partial charge on any atom is -0.454 e. The third-order valence-corrected chi connectivity index (χ3v) is 5.79. The van der Waals surface area contributed by atoms with E-state index in [1.165, 1.54) is 18.1 Å². The molecule has 3 heterocycles. The van der Waals surface area contributed by atoms with Crippen LogP contribution in [0, 0.1) is 11.3 Å². The number of hydrogen-bond acceptors (Lipinski definition) is 8. The van der Waals surface area contributed by atoms with E-state index in [0.717, 1.165) is 14.5 Å². The number of halogens is 1. The fraction of sp³-hybridized carbons (Fsp3) is 0.250. The molecule has 0 unspecified atom stereocenters. The number of ether oxygens (including phenoxy) is 2. The maximum atomic E-state index is 8.83. The molecule has 0 amide bonds. The molecule has 2 aromatic heterocycles. The first kappa shape index (κ1) is 16.9. The molecule has 0 atom stereocenters. The molecule has 132 valence electrons. The lowest BCUT2D eigenvalue weighted by Crippen LogP contribution is -2.01. The van der Waals surface area contributed by atoms with Crippen LogP contribution in [0.2, 0.25) is 0 Å². The van der Waals surface area contributed by atoms with Gasteiger partial charge in [-0.25, -0.2) is 15.0 Å². The summed E-state index contributed by atoms with van der Waals surface area (Å²) in [5.74, 6) is 1.74. The Morgan fingerprint density at radius 2 is 2.12 bits per heavy atom. The van der Waals surface area contributed by atoms with Gasteiger partial charge in [-0.1, -0.05) is 11.8 Å². The molecule has 0 radical (unpaired) electrons. The Labute approximate surface area is 161 Å². The summed E-state index contributed by atoms with van der Waals surface area (Å²) >= 11 is 5.03. The van der Waals surface area contributed by atoms with Gasteiger partial charge in [0.1, 0.15) is 6.33 Å². The summed E-state index contributed by atoms with van der Waals surface area (Å²) in [4.78, 5) is 13.9. The van der Waals surface area contributed by atoms with Gasteiger partial charge in [-0.3, -0.25) is 0 Å². The number of hydrogen-bond donors (Lipinski definition) is 1. The van der Waals surface area contributed by atoms with Gasteiger partial charge < -0.3 is 19.8 Å². The zero-order valence-electron chi connectivity index (χ0n) is 13.5. The van der Waals surface area contributed by atoms with E-state index in [0.29, 0.717) is 47.9 Å². The van der Waals surface area contributed by atoms with Crippen LogP contribution < -0.4 is 15.2 Å². The molecule has 2 N–H and O–H groups in total. The van der Waals surface area contributed by atoms with Crippen LogP contribution in [-0.2, 0) is 6.54 Å². The van der Waals surface area contributed by atoms with Crippen molar-refractivity contribution in [3.8, 4) is 17.6 Å². The zero-order valence-corrected chi connectivity index (χ0v) is 15.9. The number of fused-ring (bicyclic) bond motifs is 2. The van der Waals surface area contributed by atoms with Crippen LogP contribution in [-0.4, -0.2) is 26.3 Å². The molecule has 0 spiro atoms. The highest BCUT2D eigenvalue weighted by molar-refractivity contribution is 9.10. The second-order valence-corrected chi connectivity index (χ2v) is 7.34. The van der Waals surface area contributed by atoms with Crippen molar-refractivity contribution in [3.63, 3.8) is 0 Å². The fourth-order valence-corrected chi connectivity index (χ4v) is 4.11. The largest absolute Gasteiger partial charge is 0.454 e. The summed E-state index contributed by atoms with van der Waals surface area (Å²) in [5.41, 5.74) is 7.18. The number of imidazole rings is 1. The summed E-state index contributed by atoms with van der Waals surface area (Å²) in [6, 6.07) is 5.94. The maximum Gasteiger partial charge on any atom is 0.231 e. The molecule has 0 bridgehead atoms. The van der Waals surface area contributed by atoms with Gasteiger partial charge in [-0.15, -0.1) is 0 Å². The van der Waals surface area contributed by atoms with E-state index in [1.54, 1.807) is 0 Å². The molecule has 1 aliphatic rings.